The summed E-state index contributed by atoms with van der Waals surface area (Å²) in [5.41, 5.74) is 2.39. The Balaban J connectivity index is 2.66. The fourth-order valence-electron chi connectivity index (χ4n) is 1.06. The molecule has 0 aliphatic carbocycles. The van der Waals surface area contributed by atoms with Crippen molar-refractivity contribution in [1.82, 2.24) is 5.43 Å². The van der Waals surface area contributed by atoms with E-state index in [1.54, 1.807) is 0 Å². The minimum atomic E-state index is -0.362. The lowest BCUT2D eigenvalue weighted by atomic mass is 10.1. The number of nitrogens with one attached hydrogen (secondary N) is 1. The first-order chi connectivity index (χ1) is 6.63. The molecule has 0 heterocycles. The van der Waals surface area contributed by atoms with Crippen molar-refractivity contribution in [2.45, 2.75) is 12.8 Å². The number of hydrogen-bond acceptors (Lipinski definition) is 2. The second-order valence-electron chi connectivity index (χ2n) is 2.80. The molecule has 3 N–H and O–H groups in total. The number of carbonyl (C=O) groups excluding carboxylic acids is 1. The Labute approximate surface area is 86.0 Å². The van der Waals surface area contributed by atoms with E-state index in [2.05, 4.69) is 0 Å². The van der Waals surface area contributed by atoms with Gasteiger partial charge in [0, 0.05) is 11.4 Å². The Morgan fingerprint density at radius 3 is 2.93 bits per heavy atom. The van der Waals surface area contributed by atoms with Gasteiger partial charge in [0.05, 0.1) is 0 Å². The van der Waals surface area contributed by atoms with Crippen LogP contribution in [0.4, 0.5) is 4.39 Å². The van der Waals surface area contributed by atoms with Crippen LogP contribution in [-0.4, -0.2) is 5.91 Å². The molecule has 0 bridgehead atoms. The Hall–Kier alpha value is -1.13. The van der Waals surface area contributed by atoms with Gasteiger partial charge in [0.15, 0.2) is 0 Å². The number of aryl methyl sites for hydroxylation is 1. The van der Waals surface area contributed by atoms with E-state index in [1.165, 1.54) is 18.2 Å². The van der Waals surface area contributed by atoms with E-state index in [0.717, 1.165) is 0 Å². The molecule has 1 amide bonds. The summed E-state index contributed by atoms with van der Waals surface area (Å²) in [5.74, 6) is 4.19. The highest BCUT2D eigenvalue weighted by molar-refractivity contribution is 6.30. The Bertz CT molecular complexity index is 344. The SMILES string of the molecule is NNC(=O)CCc1cc(Cl)ccc1F. The van der Waals surface area contributed by atoms with Crippen molar-refractivity contribution in [2.75, 3.05) is 0 Å². The number of hydrazine groups is 1. The summed E-state index contributed by atoms with van der Waals surface area (Å²) in [4.78, 5) is 10.8. The second kappa shape index (κ2) is 4.93. The zero-order chi connectivity index (χ0) is 10.6. The zero-order valence-electron chi connectivity index (χ0n) is 7.39. The average molecular weight is 217 g/mol. The molecular formula is C9H10ClFN2O. The van der Waals surface area contributed by atoms with Crippen LogP contribution in [0.3, 0.4) is 0 Å². The van der Waals surface area contributed by atoms with Crippen LogP contribution in [0.15, 0.2) is 18.2 Å². The molecule has 3 nitrogen and oxygen atoms in total. The smallest absolute Gasteiger partial charge is 0.234 e. The standard InChI is InChI=1S/C9H10ClFN2O/c10-7-2-3-8(11)6(5-7)1-4-9(14)13-12/h2-3,5H,1,4,12H2,(H,13,14). The van der Waals surface area contributed by atoms with Gasteiger partial charge in [-0.25, -0.2) is 10.2 Å². The van der Waals surface area contributed by atoms with Gasteiger partial charge in [0.25, 0.3) is 0 Å². The minimum absolute atomic E-state index is 0.147. The third-order valence-electron chi connectivity index (χ3n) is 1.79. The fraction of sp³-hybridized carbons (Fsp3) is 0.222. The molecule has 0 aliphatic heterocycles. The Morgan fingerprint density at radius 1 is 1.57 bits per heavy atom. The lowest BCUT2D eigenvalue weighted by Crippen LogP contribution is -2.30. The molecule has 5 heteroatoms. The van der Waals surface area contributed by atoms with Gasteiger partial charge < -0.3 is 0 Å². The van der Waals surface area contributed by atoms with Gasteiger partial charge in [-0.15, -0.1) is 0 Å². The molecule has 0 radical (unpaired) electrons. The van der Waals surface area contributed by atoms with E-state index in [0.29, 0.717) is 10.6 Å². The van der Waals surface area contributed by atoms with Gasteiger partial charge in [-0.3, -0.25) is 10.2 Å². The molecule has 1 aromatic rings. The first kappa shape index (κ1) is 10.9. The van der Waals surface area contributed by atoms with Crippen LogP contribution >= 0.6 is 11.6 Å². The van der Waals surface area contributed by atoms with E-state index in [1.807, 2.05) is 5.43 Å². The maximum absolute atomic E-state index is 13.1. The maximum atomic E-state index is 13.1. The topological polar surface area (TPSA) is 55.1 Å². The molecular weight excluding hydrogens is 207 g/mol. The summed E-state index contributed by atoms with van der Waals surface area (Å²) in [6, 6.07) is 4.24. The average Bonchev–Trinajstić information content (AvgIpc) is 2.19. The van der Waals surface area contributed by atoms with E-state index in [4.69, 9.17) is 17.4 Å². The van der Waals surface area contributed by atoms with Gasteiger partial charge in [-0.2, -0.15) is 0 Å². The summed E-state index contributed by atoms with van der Waals surface area (Å²) in [7, 11) is 0. The predicted molar refractivity (Wildman–Crippen MR) is 52.1 cm³/mol. The molecule has 14 heavy (non-hydrogen) atoms. The second-order valence-corrected chi connectivity index (χ2v) is 3.24. The van der Waals surface area contributed by atoms with Crippen molar-refractivity contribution >= 4 is 17.5 Å². The minimum Gasteiger partial charge on any atom is -0.294 e. The highest BCUT2D eigenvalue weighted by Crippen LogP contribution is 2.16. The van der Waals surface area contributed by atoms with Crippen LogP contribution in [-0.2, 0) is 11.2 Å². The Morgan fingerprint density at radius 2 is 2.29 bits per heavy atom. The fourth-order valence-corrected chi connectivity index (χ4v) is 1.25. The zero-order valence-corrected chi connectivity index (χ0v) is 8.14. The molecule has 0 aromatic heterocycles. The van der Waals surface area contributed by atoms with Crippen molar-refractivity contribution in [3.8, 4) is 0 Å². The van der Waals surface area contributed by atoms with E-state index >= 15 is 0 Å². The first-order valence-corrected chi connectivity index (χ1v) is 4.44. The summed E-state index contributed by atoms with van der Waals surface area (Å²) in [6.45, 7) is 0. The highest BCUT2D eigenvalue weighted by Gasteiger charge is 2.05. The predicted octanol–water partition coefficient (Wildman–Crippen LogP) is 1.40. The maximum Gasteiger partial charge on any atom is 0.234 e. The molecule has 1 aromatic carbocycles. The molecule has 0 spiro atoms. The molecule has 0 atom stereocenters. The monoisotopic (exact) mass is 216 g/mol. The van der Waals surface area contributed by atoms with Crippen molar-refractivity contribution in [2.24, 2.45) is 5.84 Å². The molecule has 0 saturated heterocycles. The molecule has 0 aliphatic rings. The van der Waals surface area contributed by atoms with Crippen LogP contribution in [0.2, 0.25) is 5.02 Å². The van der Waals surface area contributed by atoms with E-state index < -0.39 is 0 Å². The molecule has 0 fully saturated rings. The van der Waals surface area contributed by atoms with Crippen LogP contribution in [0.1, 0.15) is 12.0 Å². The quantitative estimate of drug-likeness (QED) is 0.456. The van der Waals surface area contributed by atoms with Crippen molar-refractivity contribution < 1.29 is 9.18 Å². The lowest BCUT2D eigenvalue weighted by molar-refractivity contribution is -0.121. The van der Waals surface area contributed by atoms with Crippen molar-refractivity contribution in [1.29, 1.82) is 0 Å². The highest BCUT2D eigenvalue weighted by atomic mass is 35.5. The van der Waals surface area contributed by atoms with Crippen LogP contribution in [0.25, 0.3) is 0 Å². The van der Waals surface area contributed by atoms with Crippen molar-refractivity contribution in [3.05, 3.63) is 34.6 Å². The summed E-state index contributed by atoms with van der Waals surface area (Å²) in [5, 5.41) is 0.453. The molecule has 76 valence electrons. The van der Waals surface area contributed by atoms with Gasteiger partial charge >= 0.3 is 0 Å². The van der Waals surface area contributed by atoms with Gasteiger partial charge in [0.1, 0.15) is 5.82 Å². The van der Waals surface area contributed by atoms with Crippen LogP contribution in [0.5, 0.6) is 0 Å². The van der Waals surface area contributed by atoms with Gasteiger partial charge in [-0.1, -0.05) is 11.6 Å². The number of nitrogens with two attached hydrogens (primary N) is 1. The lowest BCUT2D eigenvalue weighted by Gasteiger charge is -2.02. The Kier molecular flexibility index (Phi) is 3.85. The summed E-state index contributed by atoms with van der Waals surface area (Å²) in [6.07, 6.45) is 0.434. The van der Waals surface area contributed by atoms with E-state index in [9.17, 15) is 9.18 Å². The van der Waals surface area contributed by atoms with Gasteiger partial charge in [-0.05, 0) is 30.2 Å². The summed E-state index contributed by atoms with van der Waals surface area (Å²) >= 11 is 5.67. The molecule has 1 rings (SSSR count). The number of amides is 1. The summed E-state index contributed by atoms with van der Waals surface area (Å²) < 4.78 is 13.1. The number of benzene rings is 1. The number of carbonyl (C=O) groups is 1. The molecule has 0 unspecified atom stereocenters. The third kappa shape index (κ3) is 2.97. The molecule has 0 saturated carbocycles. The van der Waals surface area contributed by atoms with Crippen molar-refractivity contribution in [3.63, 3.8) is 0 Å². The number of hydrogen-bond donors (Lipinski definition) is 2. The van der Waals surface area contributed by atoms with Crippen LogP contribution in [0, 0.1) is 5.82 Å². The first-order valence-electron chi connectivity index (χ1n) is 4.07. The third-order valence-corrected chi connectivity index (χ3v) is 2.03. The largest absolute Gasteiger partial charge is 0.294 e. The number of rotatable bonds is 3. The number of halogens is 2. The van der Waals surface area contributed by atoms with Crippen LogP contribution < -0.4 is 11.3 Å². The normalized spacial score (nSPS) is 9.93. The van der Waals surface area contributed by atoms with Gasteiger partial charge in [0.2, 0.25) is 5.91 Å². The van der Waals surface area contributed by atoms with E-state index in [-0.39, 0.29) is 24.6 Å².